The lowest BCUT2D eigenvalue weighted by atomic mass is 10.0. The number of nitrogens with one attached hydrogen (secondary N) is 4. The average molecular weight is 825 g/mol. The maximum atomic E-state index is 14.3. The van der Waals surface area contributed by atoms with E-state index in [1.165, 1.54) is 11.8 Å². The first kappa shape index (κ1) is 46.6. The van der Waals surface area contributed by atoms with Gasteiger partial charge in [-0.2, -0.15) is 11.8 Å². The minimum absolute atomic E-state index is 0.00246. The van der Waals surface area contributed by atoms with Gasteiger partial charge < -0.3 is 35.8 Å². The highest BCUT2D eigenvalue weighted by Crippen LogP contribution is 2.24. The predicted octanol–water partition coefficient (Wildman–Crippen LogP) is 6.51. The van der Waals surface area contributed by atoms with Crippen LogP contribution in [-0.2, 0) is 43.2 Å². The van der Waals surface area contributed by atoms with Crippen LogP contribution in [0.15, 0.2) is 78.9 Å². The largest absolute Gasteiger partial charge is 0.488 e. The molecule has 0 radical (unpaired) electrons. The lowest BCUT2D eigenvalue weighted by molar-refractivity contribution is -0.142. The molecule has 3 aromatic rings. The van der Waals surface area contributed by atoms with Gasteiger partial charge in [0.05, 0.1) is 0 Å². The lowest BCUT2D eigenvalue weighted by Crippen LogP contribution is -2.59. The highest BCUT2D eigenvalue weighted by Gasteiger charge is 2.33. The van der Waals surface area contributed by atoms with Gasteiger partial charge in [-0.15, -0.1) is 0 Å². The van der Waals surface area contributed by atoms with Crippen LogP contribution in [0.3, 0.4) is 0 Å². The summed E-state index contributed by atoms with van der Waals surface area (Å²) in [6.07, 6.45) is -0.749. The van der Waals surface area contributed by atoms with E-state index in [0.29, 0.717) is 27.5 Å². The first-order valence-corrected chi connectivity index (χ1v) is 20.2. The molecule has 14 heteroatoms. The zero-order valence-corrected chi connectivity index (χ0v) is 35.8. The Kier molecular flexibility index (Phi) is 16.9. The minimum Gasteiger partial charge on any atom is -0.488 e. The molecule has 310 valence electrons. The van der Waals surface area contributed by atoms with Crippen LogP contribution in [0.1, 0.15) is 79.0 Å². The molecule has 0 bridgehead atoms. The van der Waals surface area contributed by atoms with E-state index in [-0.39, 0.29) is 29.8 Å². The number of alkyl carbamates (subject to hydrolysis) is 1. The second kappa shape index (κ2) is 20.6. The van der Waals surface area contributed by atoms with Gasteiger partial charge in [0.25, 0.3) is 0 Å². The average Bonchev–Trinajstić information content (AvgIpc) is 3.09. The molecular formula is C43H57ClN4O8S. The number of carbonyl (C=O) groups excluding carboxylic acids is 4. The van der Waals surface area contributed by atoms with Crippen LogP contribution < -0.4 is 26.0 Å². The number of rotatable bonds is 17. The van der Waals surface area contributed by atoms with Gasteiger partial charge in [0.15, 0.2) is 0 Å². The molecule has 57 heavy (non-hydrogen) atoms. The van der Waals surface area contributed by atoms with E-state index in [0.717, 1.165) is 0 Å². The molecule has 3 rings (SSSR count). The van der Waals surface area contributed by atoms with Crippen molar-refractivity contribution in [1.82, 2.24) is 21.3 Å². The van der Waals surface area contributed by atoms with Crippen LogP contribution >= 0.6 is 23.4 Å². The SMILES string of the molecule is CC(C)(C)OC(=O)N[C@@H](Cc1ccc(Cl)cc1)C(=O)N[C@H](CSC(C)(C)C)C(=O)N[C@@H](Cc1ccc(OC(C)(C)C)cc1)C(=O)N[C@H](Cc1ccccc1)C(=O)O. The summed E-state index contributed by atoms with van der Waals surface area (Å²) in [7, 11) is 0. The van der Waals surface area contributed by atoms with Crippen molar-refractivity contribution in [3.63, 3.8) is 0 Å². The molecule has 0 aliphatic carbocycles. The van der Waals surface area contributed by atoms with Gasteiger partial charge in [-0.25, -0.2) is 9.59 Å². The molecule has 0 spiro atoms. The van der Waals surface area contributed by atoms with Gasteiger partial charge >= 0.3 is 12.1 Å². The number of thioether (sulfide) groups is 1. The molecule has 0 saturated heterocycles. The first-order chi connectivity index (χ1) is 26.5. The number of carboxylic acids is 1. The van der Waals surface area contributed by atoms with Crippen LogP contribution in [0.25, 0.3) is 0 Å². The van der Waals surface area contributed by atoms with E-state index >= 15 is 0 Å². The van der Waals surface area contributed by atoms with Crippen molar-refractivity contribution in [3.05, 3.63) is 101 Å². The summed E-state index contributed by atoms with van der Waals surface area (Å²) in [5.74, 6) is -2.57. The quantitative estimate of drug-likeness (QED) is 0.102. The van der Waals surface area contributed by atoms with Crippen LogP contribution in [0, 0.1) is 0 Å². The Balaban J connectivity index is 1.95. The molecule has 0 saturated carbocycles. The maximum absolute atomic E-state index is 14.3. The highest BCUT2D eigenvalue weighted by atomic mass is 35.5. The standard InChI is InChI=1S/C43H57ClN4O8S/c1-41(2,3)55-31-21-17-29(18-22-31)23-32(36(49)46-34(39(52)53)25-27-13-11-10-12-14-27)45-38(51)35(26-57-43(7,8)9)47-37(50)33(48-40(54)56-42(4,5)6)24-28-15-19-30(44)20-16-28/h10-22,32-35H,23-26H2,1-9H3,(H,45,51)(H,46,49)(H,47,50)(H,48,54)(H,52,53)/t32-,33-,34+,35+/m0/s1. The number of hydrogen-bond donors (Lipinski definition) is 5. The third-order valence-electron chi connectivity index (χ3n) is 7.99. The number of benzene rings is 3. The molecular weight excluding hydrogens is 768 g/mol. The Morgan fingerprint density at radius 1 is 0.596 bits per heavy atom. The van der Waals surface area contributed by atoms with Gasteiger partial charge in [0.1, 0.15) is 41.1 Å². The second-order valence-electron chi connectivity index (χ2n) is 16.7. The first-order valence-electron chi connectivity index (χ1n) is 18.8. The van der Waals surface area contributed by atoms with E-state index in [1.807, 2.05) is 47.6 Å². The second-order valence-corrected chi connectivity index (χ2v) is 19.0. The topological polar surface area (TPSA) is 172 Å². The van der Waals surface area contributed by atoms with Crippen molar-refractivity contribution in [2.75, 3.05) is 5.75 Å². The maximum Gasteiger partial charge on any atom is 0.408 e. The molecule has 0 fully saturated rings. The van der Waals surface area contributed by atoms with Gasteiger partial charge in [-0.05, 0) is 82.5 Å². The Morgan fingerprint density at radius 2 is 1.04 bits per heavy atom. The van der Waals surface area contributed by atoms with Crippen molar-refractivity contribution < 1.29 is 38.6 Å². The summed E-state index contributed by atoms with van der Waals surface area (Å²) < 4.78 is 11.1. The van der Waals surface area contributed by atoms with Crippen molar-refractivity contribution >= 4 is 53.1 Å². The Hall–Kier alpha value is -4.75. The molecule has 4 atom stereocenters. The normalized spacial score (nSPS) is 13.9. The summed E-state index contributed by atoms with van der Waals surface area (Å²) in [6, 6.07) is 17.9. The third kappa shape index (κ3) is 17.9. The van der Waals surface area contributed by atoms with Crippen LogP contribution in [0.4, 0.5) is 4.79 Å². The molecule has 0 unspecified atom stereocenters. The zero-order chi connectivity index (χ0) is 42.6. The number of aliphatic carboxylic acids is 1. The van der Waals surface area contributed by atoms with E-state index < -0.39 is 65.2 Å². The van der Waals surface area contributed by atoms with E-state index in [2.05, 4.69) is 21.3 Å². The van der Waals surface area contributed by atoms with Gasteiger partial charge in [-0.1, -0.05) is 87.0 Å². The van der Waals surface area contributed by atoms with Crippen molar-refractivity contribution in [2.24, 2.45) is 0 Å². The van der Waals surface area contributed by atoms with Crippen LogP contribution in [0.2, 0.25) is 5.02 Å². The predicted molar refractivity (Wildman–Crippen MR) is 225 cm³/mol. The Bertz CT molecular complexity index is 1800. The van der Waals surface area contributed by atoms with Gasteiger partial charge in [0, 0.05) is 34.8 Å². The fourth-order valence-electron chi connectivity index (χ4n) is 5.39. The molecule has 0 aliphatic rings. The smallest absolute Gasteiger partial charge is 0.408 e. The number of ether oxygens (including phenoxy) is 2. The van der Waals surface area contributed by atoms with Crippen molar-refractivity contribution in [3.8, 4) is 5.75 Å². The molecule has 0 aliphatic heterocycles. The number of carboxylic acid groups (broad SMARTS) is 1. The number of hydrogen-bond acceptors (Lipinski definition) is 8. The molecule has 0 aromatic heterocycles. The van der Waals surface area contributed by atoms with E-state index in [4.69, 9.17) is 21.1 Å². The van der Waals surface area contributed by atoms with Crippen LogP contribution in [0.5, 0.6) is 5.75 Å². The van der Waals surface area contributed by atoms with E-state index in [1.54, 1.807) is 93.6 Å². The molecule has 4 amide bonds. The number of carbonyl (C=O) groups is 5. The molecule has 12 nitrogen and oxygen atoms in total. The Labute approximate surface area is 345 Å². The monoisotopic (exact) mass is 824 g/mol. The van der Waals surface area contributed by atoms with Crippen LogP contribution in [-0.4, -0.2) is 80.8 Å². The van der Waals surface area contributed by atoms with Crippen molar-refractivity contribution in [2.45, 2.75) is 122 Å². The zero-order valence-electron chi connectivity index (χ0n) is 34.2. The van der Waals surface area contributed by atoms with Crippen molar-refractivity contribution in [1.29, 1.82) is 0 Å². The summed E-state index contributed by atoms with van der Waals surface area (Å²) in [4.78, 5) is 67.6. The number of halogens is 1. The Morgan fingerprint density at radius 3 is 1.53 bits per heavy atom. The fourth-order valence-corrected chi connectivity index (χ4v) is 6.42. The van der Waals surface area contributed by atoms with E-state index in [9.17, 15) is 29.1 Å². The molecule has 0 heterocycles. The fraction of sp³-hybridized carbons (Fsp3) is 0.465. The minimum atomic E-state index is -1.29. The summed E-state index contributed by atoms with van der Waals surface area (Å²) >= 11 is 7.51. The molecule has 3 aromatic carbocycles. The summed E-state index contributed by atoms with van der Waals surface area (Å²) in [5.41, 5.74) is 0.785. The van der Waals surface area contributed by atoms with Gasteiger partial charge in [-0.3, -0.25) is 14.4 Å². The highest BCUT2D eigenvalue weighted by molar-refractivity contribution is 8.00. The number of amides is 4. The summed E-state index contributed by atoms with van der Waals surface area (Å²) in [6.45, 7) is 16.8. The summed E-state index contributed by atoms with van der Waals surface area (Å²) in [5, 5.41) is 21.4. The van der Waals surface area contributed by atoms with Gasteiger partial charge in [0.2, 0.25) is 17.7 Å². The third-order valence-corrected chi connectivity index (χ3v) is 9.61. The molecule has 5 N–H and O–H groups in total. The lowest BCUT2D eigenvalue weighted by Gasteiger charge is -2.28.